The fourth-order valence-electron chi connectivity index (χ4n) is 1.92. The summed E-state index contributed by atoms with van der Waals surface area (Å²) in [5.74, 6) is -0.429. The normalized spacial score (nSPS) is 19.9. The van der Waals surface area contributed by atoms with Crippen LogP contribution in [-0.2, 0) is 9.31 Å². The van der Waals surface area contributed by atoms with E-state index >= 15 is 0 Å². The van der Waals surface area contributed by atoms with Crippen molar-refractivity contribution in [1.82, 2.24) is 10.3 Å². The summed E-state index contributed by atoms with van der Waals surface area (Å²) in [7, 11) is 0.772. The van der Waals surface area contributed by atoms with E-state index in [9.17, 15) is 9.90 Å². The minimum Gasteiger partial charge on any atom is -0.506 e. The highest BCUT2D eigenvalue weighted by atomic mass is 16.7. The number of aromatic hydroxyl groups is 1. The van der Waals surface area contributed by atoms with Gasteiger partial charge in [0.2, 0.25) is 0 Å². The van der Waals surface area contributed by atoms with Crippen molar-refractivity contribution in [2.75, 3.05) is 7.05 Å². The third-order valence-electron chi connectivity index (χ3n) is 3.85. The largest absolute Gasteiger partial charge is 0.515 e. The van der Waals surface area contributed by atoms with Crippen LogP contribution in [0, 0.1) is 0 Å². The number of pyridine rings is 1. The molecule has 2 N–H and O–H groups in total. The lowest BCUT2D eigenvalue weighted by molar-refractivity contribution is 0.00578. The lowest BCUT2D eigenvalue weighted by Crippen LogP contribution is -2.41. The average molecular weight is 278 g/mol. The SMILES string of the molecule is CNC(=O)c1cc(O)cnc1B1OC(C)(C)C(C)(C)O1. The Hall–Kier alpha value is -1.60. The predicted molar refractivity (Wildman–Crippen MR) is 75.0 cm³/mol. The molecular formula is C13H19BN2O4. The summed E-state index contributed by atoms with van der Waals surface area (Å²) in [6.07, 6.45) is 1.27. The van der Waals surface area contributed by atoms with Crippen LogP contribution in [-0.4, -0.2) is 41.4 Å². The van der Waals surface area contributed by atoms with E-state index < -0.39 is 18.3 Å². The van der Waals surface area contributed by atoms with Gasteiger partial charge in [0.15, 0.2) is 0 Å². The van der Waals surface area contributed by atoms with Crippen LogP contribution in [0.4, 0.5) is 0 Å². The molecule has 1 aromatic heterocycles. The van der Waals surface area contributed by atoms with E-state index in [1.165, 1.54) is 19.3 Å². The Bertz CT molecular complexity index is 529. The molecule has 1 amide bonds. The maximum atomic E-state index is 11.9. The number of carbonyl (C=O) groups excluding carboxylic acids is 1. The summed E-state index contributed by atoms with van der Waals surface area (Å²) < 4.78 is 11.8. The van der Waals surface area contributed by atoms with Crippen LogP contribution in [0.1, 0.15) is 38.1 Å². The molecule has 0 atom stereocenters. The first-order valence-corrected chi connectivity index (χ1v) is 6.44. The van der Waals surface area contributed by atoms with Gasteiger partial charge in [0.1, 0.15) is 5.75 Å². The van der Waals surface area contributed by atoms with Gasteiger partial charge in [-0.25, -0.2) is 0 Å². The van der Waals surface area contributed by atoms with Gasteiger partial charge in [0.05, 0.1) is 28.6 Å². The molecule has 0 aromatic carbocycles. The quantitative estimate of drug-likeness (QED) is 0.767. The van der Waals surface area contributed by atoms with Crippen molar-refractivity contribution in [1.29, 1.82) is 0 Å². The molecule has 1 aliphatic rings. The molecule has 1 aromatic rings. The summed E-state index contributed by atoms with van der Waals surface area (Å²) in [4.78, 5) is 16.0. The van der Waals surface area contributed by atoms with Crippen molar-refractivity contribution >= 4 is 18.6 Å². The first-order valence-electron chi connectivity index (χ1n) is 6.44. The molecule has 1 saturated heterocycles. The second-order valence-electron chi connectivity index (χ2n) is 5.79. The van der Waals surface area contributed by atoms with Gasteiger partial charge in [0, 0.05) is 7.05 Å². The molecule has 6 nitrogen and oxygen atoms in total. The van der Waals surface area contributed by atoms with Gasteiger partial charge in [-0.05, 0) is 33.8 Å². The molecule has 1 aliphatic heterocycles. The van der Waals surface area contributed by atoms with Crippen molar-refractivity contribution in [3.63, 3.8) is 0 Å². The Balaban J connectivity index is 2.42. The van der Waals surface area contributed by atoms with Crippen molar-refractivity contribution in [3.05, 3.63) is 17.8 Å². The number of hydrogen-bond donors (Lipinski definition) is 2. The highest BCUT2D eigenvalue weighted by Crippen LogP contribution is 2.36. The number of nitrogens with one attached hydrogen (secondary N) is 1. The van der Waals surface area contributed by atoms with E-state index in [0.717, 1.165) is 0 Å². The third kappa shape index (κ3) is 2.38. The summed E-state index contributed by atoms with van der Waals surface area (Å²) in [5.41, 5.74) is -0.430. The van der Waals surface area contributed by atoms with Gasteiger partial charge >= 0.3 is 7.12 Å². The topological polar surface area (TPSA) is 80.7 Å². The lowest BCUT2D eigenvalue weighted by Gasteiger charge is -2.32. The molecule has 2 heterocycles. The van der Waals surface area contributed by atoms with Crippen LogP contribution in [0.2, 0.25) is 0 Å². The number of carbonyl (C=O) groups is 1. The maximum Gasteiger partial charge on any atom is 0.515 e. The molecular weight excluding hydrogens is 259 g/mol. The highest BCUT2D eigenvalue weighted by Gasteiger charge is 2.53. The number of nitrogens with zero attached hydrogens (tertiary/aromatic N) is 1. The Kier molecular flexibility index (Phi) is 3.52. The molecule has 0 bridgehead atoms. The van der Waals surface area contributed by atoms with Crippen LogP contribution < -0.4 is 10.9 Å². The number of hydrogen-bond acceptors (Lipinski definition) is 5. The molecule has 0 unspecified atom stereocenters. The Morgan fingerprint density at radius 3 is 2.35 bits per heavy atom. The lowest BCUT2D eigenvalue weighted by atomic mass is 9.80. The number of aromatic nitrogens is 1. The van der Waals surface area contributed by atoms with Crippen molar-refractivity contribution in [3.8, 4) is 5.75 Å². The van der Waals surface area contributed by atoms with Crippen LogP contribution in [0.5, 0.6) is 5.75 Å². The zero-order valence-electron chi connectivity index (χ0n) is 12.4. The van der Waals surface area contributed by atoms with Crippen molar-refractivity contribution < 1.29 is 19.2 Å². The maximum absolute atomic E-state index is 11.9. The van der Waals surface area contributed by atoms with Gasteiger partial charge in [-0.2, -0.15) is 0 Å². The zero-order valence-corrected chi connectivity index (χ0v) is 12.4. The van der Waals surface area contributed by atoms with Crippen molar-refractivity contribution in [2.24, 2.45) is 0 Å². The zero-order chi connectivity index (χ0) is 15.1. The van der Waals surface area contributed by atoms with E-state index in [0.29, 0.717) is 5.59 Å². The fourth-order valence-corrected chi connectivity index (χ4v) is 1.92. The van der Waals surface area contributed by atoms with Crippen LogP contribution in [0.25, 0.3) is 0 Å². The monoisotopic (exact) mass is 278 g/mol. The van der Waals surface area contributed by atoms with Crippen molar-refractivity contribution in [2.45, 2.75) is 38.9 Å². The molecule has 7 heteroatoms. The summed E-state index contributed by atoms with van der Waals surface area (Å²) in [6.45, 7) is 7.69. The molecule has 0 spiro atoms. The van der Waals surface area contributed by atoms with Crippen LogP contribution in [0.15, 0.2) is 12.3 Å². The van der Waals surface area contributed by atoms with Gasteiger partial charge in [-0.15, -0.1) is 0 Å². The third-order valence-corrected chi connectivity index (χ3v) is 3.85. The van der Waals surface area contributed by atoms with E-state index in [1.807, 2.05) is 27.7 Å². The first-order chi connectivity index (χ1) is 9.18. The van der Waals surface area contributed by atoms with E-state index in [1.54, 1.807) is 0 Å². The van der Waals surface area contributed by atoms with Crippen LogP contribution in [0.3, 0.4) is 0 Å². The Morgan fingerprint density at radius 2 is 1.85 bits per heavy atom. The first kappa shape index (κ1) is 14.8. The smallest absolute Gasteiger partial charge is 0.506 e. The second kappa shape index (κ2) is 4.75. The van der Waals surface area contributed by atoms with E-state index in [2.05, 4.69) is 10.3 Å². The van der Waals surface area contributed by atoms with Gasteiger partial charge in [-0.3, -0.25) is 9.78 Å². The number of amides is 1. The molecule has 20 heavy (non-hydrogen) atoms. The molecule has 108 valence electrons. The molecule has 0 radical (unpaired) electrons. The standard InChI is InChI=1S/C13H19BN2O4/c1-12(2)13(3,4)20-14(19-12)10-9(11(18)15-5)6-8(17)7-16-10/h6-7,17H,1-5H3,(H,15,18). The van der Waals surface area contributed by atoms with E-state index in [-0.39, 0.29) is 17.2 Å². The van der Waals surface area contributed by atoms with Gasteiger partial charge in [-0.1, -0.05) is 0 Å². The molecule has 1 fully saturated rings. The minimum atomic E-state index is -0.743. The highest BCUT2D eigenvalue weighted by molar-refractivity contribution is 6.62. The average Bonchev–Trinajstić information content (AvgIpc) is 2.57. The van der Waals surface area contributed by atoms with E-state index in [4.69, 9.17) is 9.31 Å². The number of rotatable bonds is 2. The molecule has 2 rings (SSSR count). The summed E-state index contributed by atoms with van der Waals surface area (Å²) in [5, 5.41) is 12.0. The Labute approximate surface area is 118 Å². The molecule has 0 aliphatic carbocycles. The van der Waals surface area contributed by atoms with Crippen LogP contribution >= 0.6 is 0 Å². The van der Waals surface area contributed by atoms with Gasteiger partial charge in [0.25, 0.3) is 5.91 Å². The Morgan fingerprint density at radius 1 is 1.30 bits per heavy atom. The fraction of sp³-hybridized carbons (Fsp3) is 0.538. The predicted octanol–water partition coefficient (Wildman–Crippen LogP) is 0.446. The second-order valence-corrected chi connectivity index (χ2v) is 5.79. The summed E-state index contributed by atoms with van der Waals surface area (Å²) in [6, 6.07) is 1.35. The molecule has 0 saturated carbocycles. The minimum absolute atomic E-state index is 0.0798. The summed E-state index contributed by atoms with van der Waals surface area (Å²) >= 11 is 0. The van der Waals surface area contributed by atoms with Gasteiger partial charge < -0.3 is 19.7 Å².